The van der Waals surface area contributed by atoms with Gasteiger partial charge in [-0.25, -0.2) is 0 Å². The monoisotopic (exact) mass is 263 g/mol. The minimum atomic E-state index is 0.166. The third kappa shape index (κ3) is 4.54. The molecule has 0 unspecified atom stereocenters. The quantitative estimate of drug-likeness (QED) is 0.874. The molecule has 0 aliphatic heterocycles. The van der Waals surface area contributed by atoms with Crippen molar-refractivity contribution in [2.45, 2.75) is 52.9 Å². The molecule has 1 aromatic carbocycles. The molecule has 0 aliphatic rings. The van der Waals surface area contributed by atoms with Gasteiger partial charge in [-0.3, -0.25) is 0 Å². The molecular weight excluding hydrogens is 234 g/mol. The summed E-state index contributed by atoms with van der Waals surface area (Å²) < 4.78 is 5.51. The molecule has 108 valence electrons. The van der Waals surface area contributed by atoms with Crippen molar-refractivity contribution >= 4 is 0 Å². The van der Waals surface area contributed by atoms with Crippen molar-refractivity contribution in [3.8, 4) is 5.75 Å². The van der Waals surface area contributed by atoms with Gasteiger partial charge in [-0.05, 0) is 47.4 Å². The van der Waals surface area contributed by atoms with Gasteiger partial charge in [0.05, 0.1) is 7.11 Å². The van der Waals surface area contributed by atoms with E-state index >= 15 is 0 Å². The molecule has 0 heterocycles. The van der Waals surface area contributed by atoms with Gasteiger partial charge in [-0.1, -0.05) is 46.8 Å². The molecular formula is C17H29NO. The topological polar surface area (TPSA) is 35.2 Å². The van der Waals surface area contributed by atoms with Crippen molar-refractivity contribution in [2.75, 3.05) is 13.7 Å². The largest absolute Gasteiger partial charge is 0.496 e. The Bertz CT molecular complexity index is 416. The van der Waals surface area contributed by atoms with E-state index in [9.17, 15) is 0 Å². The molecule has 0 fully saturated rings. The van der Waals surface area contributed by atoms with E-state index in [1.165, 1.54) is 11.1 Å². The summed E-state index contributed by atoms with van der Waals surface area (Å²) in [6.07, 6.45) is 2.02. The fourth-order valence-corrected chi connectivity index (χ4v) is 2.38. The van der Waals surface area contributed by atoms with Crippen LogP contribution >= 0.6 is 0 Å². The van der Waals surface area contributed by atoms with Gasteiger partial charge in [-0.15, -0.1) is 0 Å². The second-order valence-corrected chi connectivity index (χ2v) is 7.16. The Morgan fingerprint density at radius 1 is 1.11 bits per heavy atom. The van der Waals surface area contributed by atoms with Crippen molar-refractivity contribution in [3.63, 3.8) is 0 Å². The van der Waals surface area contributed by atoms with Crippen LogP contribution in [0.5, 0.6) is 5.75 Å². The van der Waals surface area contributed by atoms with Gasteiger partial charge < -0.3 is 10.5 Å². The molecule has 0 amide bonds. The van der Waals surface area contributed by atoms with Crippen LogP contribution < -0.4 is 10.5 Å². The summed E-state index contributed by atoms with van der Waals surface area (Å²) in [5.74, 6) is 0.984. The third-order valence-electron chi connectivity index (χ3n) is 3.64. The highest BCUT2D eigenvalue weighted by molar-refractivity contribution is 5.40. The Kier molecular flexibility index (Phi) is 5.03. The second-order valence-electron chi connectivity index (χ2n) is 7.16. The number of methoxy groups -OCH3 is 1. The molecule has 0 saturated heterocycles. The SMILES string of the molecule is COc1ccc(C(C)(C)C)cc1CC(C)(C)CCN. The maximum atomic E-state index is 5.71. The van der Waals surface area contributed by atoms with E-state index in [0.717, 1.165) is 25.1 Å². The van der Waals surface area contributed by atoms with Crippen molar-refractivity contribution in [1.82, 2.24) is 0 Å². The zero-order chi connectivity index (χ0) is 14.7. The summed E-state index contributed by atoms with van der Waals surface area (Å²) >= 11 is 0. The molecule has 1 rings (SSSR count). The minimum absolute atomic E-state index is 0.166. The Morgan fingerprint density at radius 3 is 2.21 bits per heavy atom. The normalized spacial score (nSPS) is 12.6. The molecule has 0 atom stereocenters. The highest BCUT2D eigenvalue weighted by atomic mass is 16.5. The average molecular weight is 263 g/mol. The molecule has 0 aliphatic carbocycles. The highest BCUT2D eigenvalue weighted by Crippen LogP contribution is 2.33. The molecule has 1 aromatic rings. The maximum absolute atomic E-state index is 5.71. The van der Waals surface area contributed by atoms with Gasteiger partial charge in [0.15, 0.2) is 0 Å². The molecule has 0 aromatic heterocycles. The van der Waals surface area contributed by atoms with Crippen molar-refractivity contribution in [1.29, 1.82) is 0 Å². The van der Waals surface area contributed by atoms with Crippen LogP contribution in [0.2, 0.25) is 0 Å². The van der Waals surface area contributed by atoms with Gasteiger partial charge in [-0.2, -0.15) is 0 Å². The summed E-state index contributed by atoms with van der Waals surface area (Å²) in [6.45, 7) is 12.0. The Hall–Kier alpha value is -1.02. The number of hydrogen-bond acceptors (Lipinski definition) is 2. The van der Waals surface area contributed by atoms with Crippen LogP contribution in [0, 0.1) is 5.41 Å². The van der Waals surface area contributed by atoms with Gasteiger partial charge >= 0.3 is 0 Å². The molecule has 0 spiro atoms. The van der Waals surface area contributed by atoms with E-state index in [0.29, 0.717) is 0 Å². The molecule has 2 N–H and O–H groups in total. The summed E-state index contributed by atoms with van der Waals surface area (Å²) in [5, 5.41) is 0. The Balaban J connectivity index is 3.10. The number of ether oxygens (including phenoxy) is 1. The first-order valence-corrected chi connectivity index (χ1v) is 7.07. The van der Waals surface area contributed by atoms with E-state index in [4.69, 9.17) is 10.5 Å². The summed E-state index contributed by atoms with van der Waals surface area (Å²) in [6, 6.07) is 6.55. The highest BCUT2D eigenvalue weighted by Gasteiger charge is 2.22. The lowest BCUT2D eigenvalue weighted by Gasteiger charge is -2.27. The van der Waals surface area contributed by atoms with Crippen LogP contribution in [0.3, 0.4) is 0 Å². The smallest absolute Gasteiger partial charge is 0.122 e. The van der Waals surface area contributed by atoms with Gasteiger partial charge in [0.25, 0.3) is 0 Å². The first kappa shape index (κ1) is 16.0. The van der Waals surface area contributed by atoms with Crippen LogP contribution in [0.4, 0.5) is 0 Å². The average Bonchev–Trinajstić information content (AvgIpc) is 2.27. The predicted octanol–water partition coefficient (Wildman–Crippen LogP) is 3.91. The van der Waals surface area contributed by atoms with Crippen molar-refractivity contribution in [3.05, 3.63) is 29.3 Å². The van der Waals surface area contributed by atoms with Crippen LogP contribution in [0.25, 0.3) is 0 Å². The number of rotatable bonds is 5. The van der Waals surface area contributed by atoms with Gasteiger partial charge in [0.1, 0.15) is 5.75 Å². The van der Waals surface area contributed by atoms with Crippen LogP contribution in [-0.4, -0.2) is 13.7 Å². The van der Waals surface area contributed by atoms with Crippen LogP contribution in [0.1, 0.15) is 52.2 Å². The molecule has 19 heavy (non-hydrogen) atoms. The number of hydrogen-bond donors (Lipinski definition) is 1. The first-order valence-electron chi connectivity index (χ1n) is 7.07. The van der Waals surface area contributed by atoms with Crippen LogP contribution in [-0.2, 0) is 11.8 Å². The Labute approximate surface area is 118 Å². The third-order valence-corrected chi connectivity index (χ3v) is 3.64. The summed E-state index contributed by atoms with van der Waals surface area (Å²) in [5.41, 5.74) is 8.72. The number of benzene rings is 1. The first-order chi connectivity index (χ1) is 8.69. The molecule has 2 nitrogen and oxygen atoms in total. The van der Waals surface area contributed by atoms with E-state index in [-0.39, 0.29) is 10.8 Å². The zero-order valence-electron chi connectivity index (χ0n) is 13.3. The standard InChI is InChI=1S/C17H29NO/c1-16(2,3)14-7-8-15(19-6)13(11-14)12-17(4,5)9-10-18/h7-8,11H,9-10,12,18H2,1-6H3. The fraction of sp³-hybridized carbons (Fsp3) is 0.647. The van der Waals surface area contributed by atoms with Crippen molar-refractivity contribution in [2.24, 2.45) is 11.1 Å². The second kappa shape index (κ2) is 5.96. The lowest BCUT2D eigenvalue weighted by molar-refractivity contribution is 0.328. The minimum Gasteiger partial charge on any atom is -0.496 e. The Morgan fingerprint density at radius 2 is 1.74 bits per heavy atom. The van der Waals surface area contributed by atoms with E-state index < -0.39 is 0 Å². The van der Waals surface area contributed by atoms with Crippen molar-refractivity contribution < 1.29 is 4.74 Å². The molecule has 0 bridgehead atoms. The van der Waals surface area contributed by atoms with E-state index in [1.807, 2.05) is 0 Å². The zero-order valence-corrected chi connectivity index (χ0v) is 13.3. The van der Waals surface area contributed by atoms with Gasteiger partial charge in [0, 0.05) is 0 Å². The van der Waals surface area contributed by atoms with E-state index in [1.54, 1.807) is 7.11 Å². The molecule has 2 heteroatoms. The predicted molar refractivity (Wildman–Crippen MR) is 82.9 cm³/mol. The lowest BCUT2D eigenvalue weighted by Crippen LogP contribution is -2.21. The van der Waals surface area contributed by atoms with Crippen LogP contribution in [0.15, 0.2) is 18.2 Å². The van der Waals surface area contributed by atoms with Gasteiger partial charge in [0.2, 0.25) is 0 Å². The molecule has 0 radical (unpaired) electrons. The summed E-state index contributed by atoms with van der Waals surface area (Å²) in [4.78, 5) is 0. The summed E-state index contributed by atoms with van der Waals surface area (Å²) in [7, 11) is 1.74. The maximum Gasteiger partial charge on any atom is 0.122 e. The van der Waals surface area contributed by atoms with E-state index in [2.05, 4.69) is 52.8 Å². The lowest BCUT2D eigenvalue weighted by atomic mass is 9.80. The fourth-order valence-electron chi connectivity index (χ4n) is 2.38. The molecule has 0 saturated carbocycles. The number of nitrogens with two attached hydrogens (primary N) is 1.